The molecule has 0 N–H and O–H groups in total. The van der Waals surface area contributed by atoms with Crippen LogP contribution in [0.4, 0.5) is 10.5 Å². The van der Waals surface area contributed by atoms with Crippen LogP contribution in [0.2, 0.25) is 0 Å². The van der Waals surface area contributed by atoms with Gasteiger partial charge in [-0.2, -0.15) is 0 Å². The summed E-state index contributed by atoms with van der Waals surface area (Å²) in [5, 5.41) is 0. The normalized spacial score (nSPS) is 22.6. The van der Waals surface area contributed by atoms with Crippen LogP contribution in [0.5, 0.6) is 0 Å². The van der Waals surface area contributed by atoms with Crippen molar-refractivity contribution in [3.05, 3.63) is 43.0 Å². The van der Waals surface area contributed by atoms with E-state index in [-0.39, 0.29) is 6.03 Å². The van der Waals surface area contributed by atoms with Crippen LogP contribution < -0.4 is 4.90 Å². The van der Waals surface area contributed by atoms with E-state index in [0.717, 1.165) is 26.2 Å². The van der Waals surface area contributed by atoms with Gasteiger partial charge in [0.15, 0.2) is 0 Å². The average molecular weight is 257 g/mol. The van der Waals surface area contributed by atoms with Crippen molar-refractivity contribution in [2.45, 2.75) is 6.04 Å². The summed E-state index contributed by atoms with van der Waals surface area (Å²) in [7, 11) is 0. The van der Waals surface area contributed by atoms with E-state index in [9.17, 15) is 4.79 Å². The number of carbonyl (C=O) groups excluding carboxylic acids is 1. The van der Waals surface area contributed by atoms with Crippen molar-refractivity contribution in [3.63, 3.8) is 0 Å². The van der Waals surface area contributed by atoms with Gasteiger partial charge in [0.1, 0.15) is 0 Å². The Hall–Kier alpha value is -1.97. The monoisotopic (exact) mass is 257 g/mol. The smallest absolute Gasteiger partial charge is 0.320 e. The summed E-state index contributed by atoms with van der Waals surface area (Å²) in [4.78, 5) is 18.4. The first-order chi connectivity index (χ1) is 9.29. The van der Waals surface area contributed by atoms with Gasteiger partial charge in [-0.05, 0) is 12.1 Å². The lowest BCUT2D eigenvalue weighted by molar-refractivity contribution is 0.185. The topological polar surface area (TPSA) is 26.8 Å². The number of piperazine rings is 1. The number of nitrogens with zero attached hydrogens (tertiary/aromatic N) is 3. The molecule has 2 saturated heterocycles. The second-order valence-corrected chi connectivity index (χ2v) is 5.11. The van der Waals surface area contributed by atoms with E-state index in [1.807, 2.05) is 15.9 Å². The van der Waals surface area contributed by atoms with E-state index in [0.29, 0.717) is 12.6 Å². The Balaban J connectivity index is 1.71. The van der Waals surface area contributed by atoms with E-state index in [1.165, 1.54) is 5.69 Å². The lowest BCUT2D eigenvalue weighted by Crippen LogP contribution is -2.52. The Kier molecular flexibility index (Phi) is 3.15. The van der Waals surface area contributed by atoms with E-state index >= 15 is 0 Å². The fourth-order valence-corrected chi connectivity index (χ4v) is 2.96. The van der Waals surface area contributed by atoms with Gasteiger partial charge in [0.2, 0.25) is 0 Å². The molecule has 19 heavy (non-hydrogen) atoms. The number of para-hydroxylation sites is 1. The third-order valence-electron chi connectivity index (χ3n) is 3.90. The number of hydrogen-bond acceptors (Lipinski definition) is 2. The van der Waals surface area contributed by atoms with Crippen molar-refractivity contribution in [1.82, 2.24) is 9.80 Å². The van der Waals surface area contributed by atoms with Gasteiger partial charge >= 0.3 is 6.03 Å². The van der Waals surface area contributed by atoms with Gasteiger partial charge in [-0.3, -0.25) is 0 Å². The average Bonchev–Trinajstić information content (AvgIpc) is 2.76. The first-order valence-corrected chi connectivity index (χ1v) is 6.76. The summed E-state index contributed by atoms with van der Waals surface area (Å²) in [6, 6.07) is 10.9. The van der Waals surface area contributed by atoms with Crippen molar-refractivity contribution >= 4 is 11.7 Å². The summed E-state index contributed by atoms with van der Waals surface area (Å²) in [5.74, 6) is 0. The number of amides is 2. The lowest BCUT2D eigenvalue weighted by Gasteiger charge is -2.37. The Morgan fingerprint density at radius 1 is 1.21 bits per heavy atom. The maximum atomic E-state index is 12.2. The third-order valence-corrected chi connectivity index (χ3v) is 3.90. The second kappa shape index (κ2) is 4.96. The first-order valence-electron chi connectivity index (χ1n) is 6.76. The predicted molar refractivity (Wildman–Crippen MR) is 76.3 cm³/mol. The zero-order chi connectivity index (χ0) is 13.2. The molecule has 2 aliphatic heterocycles. The number of carbonyl (C=O) groups is 1. The van der Waals surface area contributed by atoms with Crippen LogP contribution in [0.15, 0.2) is 43.0 Å². The van der Waals surface area contributed by atoms with Crippen molar-refractivity contribution < 1.29 is 4.79 Å². The molecule has 0 bridgehead atoms. The van der Waals surface area contributed by atoms with Crippen molar-refractivity contribution in [2.24, 2.45) is 0 Å². The molecular weight excluding hydrogens is 238 g/mol. The fourth-order valence-electron chi connectivity index (χ4n) is 2.96. The number of rotatable bonds is 3. The lowest BCUT2D eigenvalue weighted by atomic mass is 10.1. The molecule has 2 heterocycles. The van der Waals surface area contributed by atoms with Gasteiger partial charge in [-0.1, -0.05) is 24.3 Å². The fraction of sp³-hybridized carbons (Fsp3) is 0.400. The molecule has 1 unspecified atom stereocenters. The molecule has 0 aliphatic carbocycles. The number of fused-ring (bicyclic) bond motifs is 1. The maximum absolute atomic E-state index is 12.2. The van der Waals surface area contributed by atoms with Gasteiger partial charge in [-0.25, -0.2) is 4.79 Å². The zero-order valence-electron chi connectivity index (χ0n) is 11.0. The minimum atomic E-state index is 0.164. The molecule has 0 spiro atoms. The Labute approximate surface area is 113 Å². The van der Waals surface area contributed by atoms with Crippen LogP contribution in [0.3, 0.4) is 0 Å². The van der Waals surface area contributed by atoms with Crippen molar-refractivity contribution in [2.75, 3.05) is 37.6 Å². The number of hydrogen-bond donors (Lipinski definition) is 0. The number of urea groups is 1. The van der Waals surface area contributed by atoms with Gasteiger partial charge in [-0.15, -0.1) is 6.58 Å². The van der Waals surface area contributed by atoms with Crippen LogP contribution in [0.1, 0.15) is 0 Å². The highest BCUT2D eigenvalue weighted by molar-refractivity contribution is 5.78. The van der Waals surface area contributed by atoms with Crippen LogP contribution in [0, 0.1) is 0 Å². The Morgan fingerprint density at radius 3 is 2.74 bits per heavy atom. The van der Waals surface area contributed by atoms with E-state index in [4.69, 9.17) is 0 Å². The molecule has 0 radical (unpaired) electrons. The summed E-state index contributed by atoms with van der Waals surface area (Å²) in [6.45, 7) is 7.82. The molecular formula is C15H19N3O. The molecule has 4 heteroatoms. The molecule has 4 nitrogen and oxygen atoms in total. The zero-order valence-corrected chi connectivity index (χ0v) is 11.0. The predicted octanol–water partition coefficient (Wildman–Crippen LogP) is 1.80. The van der Waals surface area contributed by atoms with Gasteiger partial charge < -0.3 is 14.7 Å². The van der Waals surface area contributed by atoms with E-state index in [1.54, 1.807) is 6.08 Å². The summed E-state index contributed by atoms with van der Waals surface area (Å²) < 4.78 is 0. The van der Waals surface area contributed by atoms with Gasteiger partial charge in [0.25, 0.3) is 0 Å². The van der Waals surface area contributed by atoms with Gasteiger partial charge in [0.05, 0.1) is 6.04 Å². The molecule has 2 fully saturated rings. The largest absolute Gasteiger partial charge is 0.368 e. The van der Waals surface area contributed by atoms with Crippen molar-refractivity contribution in [3.8, 4) is 0 Å². The van der Waals surface area contributed by atoms with Crippen LogP contribution in [-0.2, 0) is 0 Å². The third kappa shape index (κ3) is 2.18. The highest BCUT2D eigenvalue weighted by Crippen LogP contribution is 2.24. The number of anilines is 1. The quantitative estimate of drug-likeness (QED) is 0.772. The second-order valence-electron chi connectivity index (χ2n) is 5.11. The Morgan fingerprint density at radius 2 is 2.00 bits per heavy atom. The minimum Gasteiger partial charge on any atom is -0.368 e. The Bertz CT molecular complexity index is 474. The minimum absolute atomic E-state index is 0.164. The molecule has 100 valence electrons. The molecule has 0 saturated carbocycles. The summed E-state index contributed by atoms with van der Waals surface area (Å²) >= 11 is 0. The van der Waals surface area contributed by atoms with Gasteiger partial charge in [0, 0.05) is 38.4 Å². The standard InChI is InChI=1S/C15H19N3O/c1-2-8-17-12-14-11-16(9-10-18(14)15(17)19)13-6-4-3-5-7-13/h2-7,14H,1,8-12H2. The molecule has 0 aromatic heterocycles. The highest BCUT2D eigenvalue weighted by Gasteiger charge is 2.39. The van der Waals surface area contributed by atoms with E-state index < -0.39 is 0 Å². The number of benzene rings is 1. The molecule has 2 aliphatic rings. The van der Waals surface area contributed by atoms with Crippen LogP contribution >= 0.6 is 0 Å². The van der Waals surface area contributed by atoms with Crippen LogP contribution in [-0.4, -0.2) is 54.6 Å². The van der Waals surface area contributed by atoms with E-state index in [2.05, 4.69) is 35.7 Å². The molecule has 3 rings (SSSR count). The summed E-state index contributed by atoms with van der Waals surface area (Å²) in [6.07, 6.45) is 1.80. The highest BCUT2D eigenvalue weighted by atomic mass is 16.2. The first kappa shape index (κ1) is 12.1. The SMILES string of the molecule is C=CCN1CC2CN(c3ccccc3)CCN2C1=O. The maximum Gasteiger partial charge on any atom is 0.320 e. The molecule has 1 aromatic carbocycles. The molecule has 1 aromatic rings. The van der Waals surface area contributed by atoms with Crippen LogP contribution in [0.25, 0.3) is 0 Å². The molecule has 2 amide bonds. The van der Waals surface area contributed by atoms with Crippen molar-refractivity contribution in [1.29, 1.82) is 0 Å². The molecule has 1 atom stereocenters. The summed E-state index contributed by atoms with van der Waals surface area (Å²) in [5.41, 5.74) is 1.25.